The SMILES string of the molecule is Cc1c[c]c(-c2cc(Cl)c(N)c(C(F)(F)F)c2)c(Cl)c1N. The van der Waals surface area contributed by atoms with E-state index < -0.39 is 17.4 Å². The smallest absolute Gasteiger partial charge is 0.397 e. The van der Waals surface area contributed by atoms with Crippen molar-refractivity contribution in [3.8, 4) is 11.1 Å². The zero-order valence-corrected chi connectivity index (χ0v) is 12.3. The molecule has 0 saturated carbocycles. The summed E-state index contributed by atoms with van der Waals surface area (Å²) in [5, 5.41) is -0.0765. The van der Waals surface area contributed by atoms with Crippen LogP contribution in [0.1, 0.15) is 11.1 Å². The fourth-order valence-corrected chi connectivity index (χ4v) is 2.37. The van der Waals surface area contributed by atoms with Crippen LogP contribution in [0.2, 0.25) is 10.0 Å². The first-order chi connectivity index (χ1) is 9.62. The number of hydrogen-bond donors (Lipinski definition) is 2. The second-order valence-corrected chi connectivity index (χ2v) is 5.28. The molecule has 21 heavy (non-hydrogen) atoms. The Morgan fingerprint density at radius 2 is 1.71 bits per heavy atom. The number of rotatable bonds is 1. The molecule has 2 nitrogen and oxygen atoms in total. The quantitative estimate of drug-likeness (QED) is 0.725. The number of aryl methyl sites for hydroxylation is 1. The summed E-state index contributed by atoms with van der Waals surface area (Å²) in [6, 6.07) is 6.55. The maximum atomic E-state index is 13.0. The lowest BCUT2D eigenvalue weighted by atomic mass is 9.99. The van der Waals surface area contributed by atoms with Gasteiger partial charge in [-0.3, -0.25) is 0 Å². The average molecular weight is 334 g/mol. The van der Waals surface area contributed by atoms with Crippen molar-refractivity contribution < 1.29 is 13.2 Å². The van der Waals surface area contributed by atoms with Crippen LogP contribution in [0.3, 0.4) is 0 Å². The van der Waals surface area contributed by atoms with Gasteiger partial charge < -0.3 is 11.5 Å². The summed E-state index contributed by atoms with van der Waals surface area (Å²) in [6.07, 6.45) is -4.62. The molecular weight excluding hydrogens is 324 g/mol. The monoisotopic (exact) mass is 333 g/mol. The zero-order chi connectivity index (χ0) is 15.9. The maximum absolute atomic E-state index is 13.0. The van der Waals surface area contributed by atoms with Crippen molar-refractivity contribution in [3.05, 3.63) is 45.4 Å². The van der Waals surface area contributed by atoms with E-state index in [1.165, 1.54) is 6.07 Å². The van der Waals surface area contributed by atoms with Crippen molar-refractivity contribution in [2.24, 2.45) is 0 Å². The highest BCUT2D eigenvalue weighted by atomic mass is 35.5. The molecule has 7 heteroatoms. The molecular formula is C14H10Cl2F3N2. The molecule has 0 spiro atoms. The Balaban J connectivity index is 2.72. The van der Waals surface area contributed by atoms with Gasteiger partial charge in [0.15, 0.2) is 0 Å². The minimum absolute atomic E-state index is 0.129. The summed E-state index contributed by atoms with van der Waals surface area (Å²) in [6.45, 7) is 1.72. The van der Waals surface area contributed by atoms with Crippen LogP contribution < -0.4 is 11.5 Å². The first kappa shape index (κ1) is 15.8. The van der Waals surface area contributed by atoms with E-state index in [4.69, 9.17) is 34.7 Å². The number of anilines is 2. The average Bonchev–Trinajstić information content (AvgIpc) is 2.38. The van der Waals surface area contributed by atoms with Crippen LogP contribution in [0.4, 0.5) is 24.5 Å². The first-order valence-corrected chi connectivity index (χ1v) is 6.51. The molecule has 0 aliphatic carbocycles. The summed E-state index contributed by atoms with van der Waals surface area (Å²) < 4.78 is 38.9. The maximum Gasteiger partial charge on any atom is 0.418 e. The molecule has 0 bridgehead atoms. The van der Waals surface area contributed by atoms with Gasteiger partial charge in [-0.1, -0.05) is 23.2 Å². The lowest BCUT2D eigenvalue weighted by Crippen LogP contribution is -2.09. The number of alkyl halides is 3. The number of hydrogen-bond acceptors (Lipinski definition) is 2. The van der Waals surface area contributed by atoms with Crippen LogP contribution >= 0.6 is 23.2 Å². The predicted octanol–water partition coefficient (Wildman–Crippen LogP) is 4.95. The second-order valence-electron chi connectivity index (χ2n) is 4.49. The minimum Gasteiger partial charge on any atom is -0.397 e. The number of benzene rings is 2. The Bertz CT molecular complexity index is 712. The third kappa shape index (κ3) is 2.89. The molecule has 2 aromatic carbocycles. The van der Waals surface area contributed by atoms with E-state index in [2.05, 4.69) is 6.07 Å². The topological polar surface area (TPSA) is 52.0 Å². The first-order valence-electron chi connectivity index (χ1n) is 5.75. The fraction of sp³-hybridized carbons (Fsp3) is 0.143. The van der Waals surface area contributed by atoms with Gasteiger partial charge in [0, 0.05) is 5.56 Å². The van der Waals surface area contributed by atoms with Gasteiger partial charge in [-0.25, -0.2) is 0 Å². The Morgan fingerprint density at radius 1 is 1.10 bits per heavy atom. The molecule has 111 valence electrons. The van der Waals surface area contributed by atoms with Gasteiger partial charge in [0.2, 0.25) is 0 Å². The molecule has 0 aliphatic heterocycles. The van der Waals surface area contributed by atoms with E-state index >= 15 is 0 Å². The summed E-state index contributed by atoms with van der Waals surface area (Å²) >= 11 is 11.9. The number of nitrogens with two attached hydrogens (primary N) is 2. The molecule has 0 amide bonds. The Labute approximate surface area is 129 Å². The number of nitrogen functional groups attached to an aromatic ring is 2. The van der Waals surface area contributed by atoms with Gasteiger partial charge in [-0.05, 0) is 42.3 Å². The van der Waals surface area contributed by atoms with Crippen LogP contribution in [0.15, 0.2) is 18.2 Å². The Kier molecular flexibility index (Phi) is 4.00. The van der Waals surface area contributed by atoms with E-state index in [-0.39, 0.29) is 26.9 Å². The molecule has 0 atom stereocenters. The van der Waals surface area contributed by atoms with Gasteiger partial charge in [0.25, 0.3) is 0 Å². The van der Waals surface area contributed by atoms with Crippen molar-refractivity contribution in [2.75, 3.05) is 11.5 Å². The van der Waals surface area contributed by atoms with Crippen LogP contribution in [-0.2, 0) is 6.18 Å². The highest BCUT2D eigenvalue weighted by Gasteiger charge is 2.34. The molecule has 4 N–H and O–H groups in total. The molecule has 0 saturated heterocycles. The van der Waals surface area contributed by atoms with Gasteiger partial charge >= 0.3 is 6.18 Å². The zero-order valence-electron chi connectivity index (χ0n) is 10.8. The summed E-state index contributed by atoms with van der Waals surface area (Å²) in [4.78, 5) is 0. The summed E-state index contributed by atoms with van der Waals surface area (Å²) in [5.74, 6) is 0. The Hall–Kier alpha value is -1.59. The van der Waals surface area contributed by atoms with E-state index in [1.54, 1.807) is 13.0 Å². The van der Waals surface area contributed by atoms with Crippen molar-refractivity contribution in [3.63, 3.8) is 0 Å². The highest BCUT2D eigenvalue weighted by molar-refractivity contribution is 6.36. The lowest BCUT2D eigenvalue weighted by Gasteiger charge is -2.15. The van der Waals surface area contributed by atoms with Gasteiger partial charge in [-0.15, -0.1) is 0 Å². The highest BCUT2D eigenvalue weighted by Crippen LogP contribution is 2.42. The fourth-order valence-electron chi connectivity index (χ4n) is 1.84. The van der Waals surface area contributed by atoms with Gasteiger partial charge in [0.1, 0.15) is 0 Å². The van der Waals surface area contributed by atoms with Crippen LogP contribution in [0.5, 0.6) is 0 Å². The molecule has 1 radical (unpaired) electrons. The van der Waals surface area contributed by atoms with Crippen molar-refractivity contribution in [1.29, 1.82) is 0 Å². The standard InChI is InChI=1S/C14H10Cl2F3N2/c1-6-2-3-8(11(16)12(6)20)7-4-9(14(17,18)19)13(21)10(15)5-7/h2,4-5H,20-21H2,1H3. The molecule has 0 heterocycles. The van der Waals surface area contributed by atoms with E-state index in [9.17, 15) is 13.2 Å². The largest absolute Gasteiger partial charge is 0.418 e. The summed E-state index contributed by atoms with van der Waals surface area (Å²) in [7, 11) is 0. The third-order valence-electron chi connectivity index (χ3n) is 3.04. The lowest BCUT2D eigenvalue weighted by molar-refractivity contribution is -0.136. The molecule has 0 fully saturated rings. The second kappa shape index (κ2) is 5.31. The normalized spacial score (nSPS) is 11.7. The predicted molar refractivity (Wildman–Crippen MR) is 79.3 cm³/mol. The van der Waals surface area contributed by atoms with Crippen molar-refractivity contribution in [2.45, 2.75) is 13.1 Å². The molecule has 0 unspecified atom stereocenters. The molecule has 2 aromatic rings. The van der Waals surface area contributed by atoms with E-state index in [0.29, 0.717) is 5.56 Å². The molecule has 2 rings (SSSR count). The molecule has 0 aromatic heterocycles. The van der Waals surface area contributed by atoms with E-state index in [0.717, 1.165) is 6.07 Å². The molecule has 0 aliphatic rings. The summed E-state index contributed by atoms with van der Waals surface area (Å²) in [5.41, 5.74) is 11.0. The third-order valence-corrected chi connectivity index (χ3v) is 3.74. The van der Waals surface area contributed by atoms with Gasteiger partial charge in [0.05, 0.1) is 27.0 Å². The Morgan fingerprint density at radius 3 is 2.29 bits per heavy atom. The van der Waals surface area contributed by atoms with Gasteiger partial charge in [-0.2, -0.15) is 13.2 Å². The number of halogens is 5. The van der Waals surface area contributed by atoms with Crippen LogP contribution in [-0.4, -0.2) is 0 Å². The minimum atomic E-state index is -4.62. The van der Waals surface area contributed by atoms with Crippen molar-refractivity contribution >= 4 is 34.6 Å². The van der Waals surface area contributed by atoms with E-state index in [1.807, 2.05) is 0 Å². The van der Waals surface area contributed by atoms with Crippen molar-refractivity contribution in [1.82, 2.24) is 0 Å². The van der Waals surface area contributed by atoms with Crippen LogP contribution in [0, 0.1) is 13.0 Å². The van der Waals surface area contributed by atoms with Crippen LogP contribution in [0.25, 0.3) is 11.1 Å².